The molecule has 5 atom stereocenters. The summed E-state index contributed by atoms with van der Waals surface area (Å²) in [6.45, 7) is 3.30. The third kappa shape index (κ3) is 7.35. The zero-order valence-corrected chi connectivity index (χ0v) is 20.5. The topological polar surface area (TPSA) is 150 Å². The van der Waals surface area contributed by atoms with Gasteiger partial charge in [-0.15, -0.1) is 0 Å². The number of esters is 3. The standard InChI is InChI=1S/C17H18Br2N4O7S/c1-7(24)27-6-11-14(28-8(2)25)13(22-23-20)15(29-9(3)26)17(30-11)31-12-4-10(18)5-21-16(12)19/h4-5,11,13-15,17H,6H2,1-3H3/t11?,13?,14-,15-,17+/m0/s1. The van der Waals surface area contributed by atoms with Crippen molar-refractivity contribution in [1.29, 1.82) is 0 Å². The van der Waals surface area contributed by atoms with Gasteiger partial charge in [0.25, 0.3) is 0 Å². The lowest BCUT2D eigenvalue weighted by molar-refractivity contribution is -0.201. The minimum Gasteiger partial charge on any atom is -0.463 e. The predicted octanol–water partition coefficient (Wildman–Crippen LogP) is 3.53. The summed E-state index contributed by atoms with van der Waals surface area (Å²) in [6, 6.07) is 0.626. The van der Waals surface area contributed by atoms with Crippen LogP contribution in [0, 0.1) is 0 Å². The summed E-state index contributed by atoms with van der Waals surface area (Å²) in [6.07, 6.45) is -1.66. The van der Waals surface area contributed by atoms with E-state index < -0.39 is 47.7 Å². The number of ether oxygens (including phenoxy) is 4. The summed E-state index contributed by atoms with van der Waals surface area (Å²) in [5, 5.41) is 3.72. The summed E-state index contributed by atoms with van der Waals surface area (Å²) in [4.78, 5) is 42.4. The average molecular weight is 582 g/mol. The van der Waals surface area contributed by atoms with Crippen molar-refractivity contribution in [1.82, 2.24) is 4.98 Å². The molecule has 0 N–H and O–H groups in total. The zero-order chi connectivity index (χ0) is 23.1. The predicted molar refractivity (Wildman–Crippen MR) is 115 cm³/mol. The molecule has 1 aromatic heterocycles. The van der Waals surface area contributed by atoms with Crippen LogP contribution < -0.4 is 0 Å². The van der Waals surface area contributed by atoms with E-state index in [1.807, 2.05) is 0 Å². The van der Waals surface area contributed by atoms with Crippen LogP contribution in [0.1, 0.15) is 20.8 Å². The summed E-state index contributed by atoms with van der Waals surface area (Å²) in [5.74, 6) is -1.90. The smallest absolute Gasteiger partial charge is 0.303 e. The number of aromatic nitrogens is 1. The number of carbonyl (C=O) groups excluding carboxylic acids is 3. The van der Waals surface area contributed by atoms with Crippen LogP contribution in [0.2, 0.25) is 0 Å². The van der Waals surface area contributed by atoms with E-state index in [4.69, 9.17) is 24.5 Å². The van der Waals surface area contributed by atoms with Crippen LogP contribution in [0.5, 0.6) is 0 Å². The molecule has 11 nitrogen and oxygen atoms in total. The molecule has 0 amide bonds. The number of pyridine rings is 1. The van der Waals surface area contributed by atoms with E-state index in [1.165, 1.54) is 20.8 Å². The van der Waals surface area contributed by atoms with Crippen LogP contribution in [0.25, 0.3) is 10.4 Å². The second kappa shape index (κ2) is 11.7. The molecule has 1 saturated heterocycles. The van der Waals surface area contributed by atoms with Gasteiger partial charge in [0.05, 0.1) is 0 Å². The van der Waals surface area contributed by atoms with E-state index in [-0.39, 0.29) is 6.61 Å². The first kappa shape index (κ1) is 25.4. The molecule has 14 heteroatoms. The van der Waals surface area contributed by atoms with Crippen LogP contribution in [0.15, 0.2) is 31.3 Å². The maximum atomic E-state index is 11.8. The number of rotatable bonds is 7. The number of carbonyl (C=O) groups is 3. The average Bonchev–Trinajstić information content (AvgIpc) is 2.67. The van der Waals surface area contributed by atoms with Crippen molar-refractivity contribution in [3.05, 3.63) is 31.8 Å². The first-order valence-corrected chi connectivity index (χ1v) is 11.2. The molecule has 0 radical (unpaired) electrons. The number of hydrogen-bond donors (Lipinski definition) is 0. The molecular weight excluding hydrogens is 564 g/mol. The fraction of sp³-hybridized carbons (Fsp3) is 0.529. The van der Waals surface area contributed by atoms with Crippen LogP contribution in [0.3, 0.4) is 0 Å². The second-order valence-electron chi connectivity index (χ2n) is 6.25. The summed E-state index contributed by atoms with van der Waals surface area (Å²) >= 11 is 7.83. The first-order valence-electron chi connectivity index (χ1n) is 8.77. The molecular formula is C17H18Br2N4O7S. The lowest BCUT2D eigenvalue weighted by Gasteiger charge is -2.43. The monoisotopic (exact) mass is 580 g/mol. The number of azide groups is 1. The van der Waals surface area contributed by atoms with Gasteiger partial charge < -0.3 is 18.9 Å². The molecule has 0 aromatic carbocycles. The fourth-order valence-electron chi connectivity index (χ4n) is 2.78. The molecule has 31 heavy (non-hydrogen) atoms. The van der Waals surface area contributed by atoms with Crippen LogP contribution >= 0.6 is 43.6 Å². The molecule has 0 aliphatic carbocycles. The Morgan fingerprint density at radius 2 is 1.84 bits per heavy atom. The van der Waals surface area contributed by atoms with Gasteiger partial charge in [-0.05, 0) is 43.5 Å². The van der Waals surface area contributed by atoms with Crippen molar-refractivity contribution < 1.29 is 33.3 Å². The maximum Gasteiger partial charge on any atom is 0.303 e. The molecule has 1 fully saturated rings. The number of halogens is 2. The highest BCUT2D eigenvalue weighted by atomic mass is 79.9. The quantitative estimate of drug-likeness (QED) is 0.118. The number of hydrogen-bond acceptors (Lipinski definition) is 10. The van der Waals surface area contributed by atoms with E-state index in [1.54, 1.807) is 12.3 Å². The van der Waals surface area contributed by atoms with Gasteiger partial charge in [0, 0.05) is 41.2 Å². The molecule has 2 unspecified atom stereocenters. The van der Waals surface area contributed by atoms with E-state index >= 15 is 0 Å². The van der Waals surface area contributed by atoms with Crippen molar-refractivity contribution in [2.75, 3.05) is 6.61 Å². The molecule has 1 aliphatic rings. The lowest BCUT2D eigenvalue weighted by Crippen LogP contribution is -2.59. The summed E-state index contributed by atoms with van der Waals surface area (Å²) < 4.78 is 23.0. The zero-order valence-electron chi connectivity index (χ0n) is 16.6. The van der Waals surface area contributed by atoms with Crippen molar-refractivity contribution in [2.45, 2.75) is 55.5 Å². The van der Waals surface area contributed by atoms with Gasteiger partial charge >= 0.3 is 17.9 Å². The number of thioether (sulfide) groups is 1. The normalized spacial score (nSPS) is 25.1. The van der Waals surface area contributed by atoms with Crippen molar-refractivity contribution >= 4 is 61.5 Å². The Hall–Kier alpha value is -1.86. The Bertz CT molecular complexity index is 899. The van der Waals surface area contributed by atoms with Crippen LogP contribution in [0.4, 0.5) is 0 Å². The molecule has 2 rings (SSSR count). The van der Waals surface area contributed by atoms with Gasteiger partial charge in [-0.1, -0.05) is 16.9 Å². The maximum absolute atomic E-state index is 11.8. The highest BCUT2D eigenvalue weighted by molar-refractivity contribution is 9.11. The Morgan fingerprint density at radius 1 is 1.19 bits per heavy atom. The Kier molecular flexibility index (Phi) is 9.56. The molecule has 1 aliphatic heterocycles. The highest BCUT2D eigenvalue weighted by Gasteiger charge is 2.50. The lowest BCUT2D eigenvalue weighted by atomic mass is 9.97. The second-order valence-corrected chi connectivity index (χ2v) is 9.06. The van der Waals surface area contributed by atoms with Gasteiger partial charge in [-0.2, -0.15) is 0 Å². The van der Waals surface area contributed by atoms with Crippen LogP contribution in [-0.2, 0) is 33.3 Å². The largest absolute Gasteiger partial charge is 0.463 e. The van der Waals surface area contributed by atoms with Gasteiger partial charge in [-0.25, -0.2) is 4.98 Å². The van der Waals surface area contributed by atoms with Crippen molar-refractivity contribution in [3.8, 4) is 0 Å². The highest BCUT2D eigenvalue weighted by Crippen LogP contribution is 2.40. The van der Waals surface area contributed by atoms with E-state index in [2.05, 4.69) is 46.9 Å². The van der Waals surface area contributed by atoms with E-state index in [0.717, 1.165) is 11.8 Å². The van der Waals surface area contributed by atoms with Gasteiger partial charge in [0.2, 0.25) is 0 Å². The Labute approximate surface area is 198 Å². The van der Waals surface area contributed by atoms with Crippen LogP contribution in [-0.4, -0.2) is 59.3 Å². The van der Waals surface area contributed by atoms with E-state index in [9.17, 15) is 14.4 Å². The molecule has 0 spiro atoms. The first-order chi connectivity index (χ1) is 14.6. The third-order valence-corrected chi connectivity index (χ3v) is 6.38. The molecule has 0 saturated carbocycles. The fourth-order valence-corrected chi connectivity index (χ4v) is 4.90. The van der Waals surface area contributed by atoms with Crippen molar-refractivity contribution in [2.24, 2.45) is 5.11 Å². The summed E-state index contributed by atoms with van der Waals surface area (Å²) in [5.41, 5.74) is 8.20. The van der Waals surface area contributed by atoms with Crippen molar-refractivity contribution in [3.63, 3.8) is 0 Å². The van der Waals surface area contributed by atoms with Gasteiger partial charge in [-0.3, -0.25) is 14.4 Å². The van der Waals surface area contributed by atoms with Gasteiger partial charge in [0.15, 0.2) is 0 Å². The SMILES string of the molecule is CC(=O)OCC1O[C@H](Sc2cc(Br)cnc2Br)[C@@H](OC(C)=O)C(N=[N+]=[N-])[C@H]1OC(C)=O. The van der Waals surface area contributed by atoms with Gasteiger partial charge in [0.1, 0.15) is 41.0 Å². The Morgan fingerprint density at radius 3 is 2.42 bits per heavy atom. The summed E-state index contributed by atoms with van der Waals surface area (Å²) in [7, 11) is 0. The minimum absolute atomic E-state index is 0.271. The van der Waals surface area contributed by atoms with E-state index in [0.29, 0.717) is 14.0 Å². The Balaban J connectivity index is 2.47. The molecule has 1 aromatic rings. The third-order valence-electron chi connectivity index (χ3n) is 3.87. The number of nitrogens with zero attached hydrogens (tertiary/aromatic N) is 4. The molecule has 0 bridgehead atoms. The molecule has 168 valence electrons. The minimum atomic E-state index is -1.15. The molecule has 2 heterocycles.